The third-order valence-electron chi connectivity index (χ3n) is 2.17. The molecule has 0 aliphatic carbocycles. The molecular weight excluding hydrogens is 244 g/mol. The summed E-state index contributed by atoms with van der Waals surface area (Å²) in [6, 6.07) is 0. The van der Waals surface area contributed by atoms with E-state index in [2.05, 4.69) is 0 Å². The van der Waals surface area contributed by atoms with Crippen LogP contribution in [0.2, 0.25) is 0 Å². The van der Waals surface area contributed by atoms with Gasteiger partial charge in [-0.15, -0.1) is 0 Å². The molecule has 0 heterocycles. The van der Waals surface area contributed by atoms with Gasteiger partial charge in [0.1, 0.15) is 18.3 Å². The summed E-state index contributed by atoms with van der Waals surface area (Å²) in [5.41, 5.74) is -3.02. The zero-order chi connectivity index (χ0) is 13.1. The maximum absolute atomic E-state index is 11.0. The lowest BCUT2D eigenvalue weighted by molar-refractivity contribution is -0.175. The summed E-state index contributed by atoms with van der Waals surface area (Å²) in [4.78, 5) is 21.8. The van der Waals surface area contributed by atoms with E-state index in [1.54, 1.807) is 0 Å². The molecule has 0 amide bonds. The van der Waals surface area contributed by atoms with Gasteiger partial charge in [-0.3, -0.25) is 9.59 Å². The number of ketones is 1. The first-order valence-corrected chi connectivity index (χ1v) is 4.65. The maximum Gasteiger partial charge on any atom is 0.263 e. The SMILES string of the molecule is CC(=O)[C@](O)(C(=O)Cl)[C@@H](O)[C@H](O)[C@H](O)CO. The predicted octanol–water partition coefficient (Wildman–Crippen LogP) is -2.85. The molecule has 8 heteroatoms. The van der Waals surface area contributed by atoms with E-state index in [1.807, 2.05) is 0 Å². The van der Waals surface area contributed by atoms with Gasteiger partial charge in [-0.2, -0.15) is 0 Å². The molecule has 0 aliphatic heterocycles. The van der Waals surface area contributed by atoms with Crippen LogP contribution in [0.1, 0.15) is 6.92 Å². The molecule has 0 unspecified atom stereocenters. The van der Waals surface area contributed by atoms with Crippen molar-refractivity contribution in [3.63, 3.8) is 0 Å². The molecule has 0 fully saturated rings. The highest BCUT2D eigenvalue weighted by molar-refractivity contribution is 6.67. The number of hydrogen-bond acceptors (Lipinski definition) is 7. The third kappa shape index (κ3) is 2.76. The van der Waals surface area contributed by atoms with Gasteiger partial charge in [0, 0.05) is 0 Å². The minimum atomic E-state index is -3.02. The molecule has 16 heavy (non-hydrogen) atoms. The Bertz CT molecular complexity index is 266. The molecule has 0 aromatic rings. The molecular formula is C8H13ClO7. The number of aliphatic hydroxyl groups is 5. The highest BCUT2D eigenvalue weighted by Crippen LogP contribution is 2.20. The summed E-state index contributed by atoms with van der Waals surface area (Å²) in [6.45, 7) is -0.149. The second-order valence-corrected chi connectivity index (χ2v) is 3.62. The molecule has 0 saturated heterocycles. The fourth-order valence-corrected chi connectivity index (χ4v) is 1.27. The van der Waals surface area contributed by atoms with Gasteiger partial charge >= 0.3 is 0 Å². The second-order valence-electron chi connectivity index (χ2n) is 3.28. The van der Waals surface area contributed by atoms with Crippen molar-refractivity contribution in [1.82, 2.24) is 0 Å². The van der Waals surface area contributed by atoms with Crippen LogP contribution in [0.15, 0.2) is 0 Å². The van der Waals surface area contributed by atoms with E-state index in [0.29, 0.717) is 0 Å². The lowest BCUT2D eigenvalue weighted by Crippen LogP contribution is -2.60. The zero-order valence-corrected chi connectivity index (χ0v) is 9.13. The van der Waals surface area contributed by atoms with Crippen LogP contribution in [-0.4, -0.2) is 67.1 Å². The summed E-state index contributed by atoms with van der Waals surface area (Å²) in [6.07, 6.45) is -6.25. The Kier molecular flexibility index (Phi) is 5.47. The molecule has 5 N–H and O–H groups in total. The maximum atomic E-state index is 11.0. The first-order valence-electron chi connectivity index (χ1n) is 4.28. The number of rotatable bonds is 6. The van der Waals surface area contributed by atoms with E-state index in [-0.39, 0.29) is 0 Å². The van der Waals surface area contributed by atoms with Gasteiger partial charge in [0.15, 0.2) is 5.78 Å². The molecule has 0 rings (SSSR count). The molecule has 0 saturated carbocycles. The number of aliphatic hydroxyl groups excluding tert-OH is 4. The van der Waals surface area contributed by atoms with E-state index >= 15 is 0 Å². The van der Waals surface area contributed by atoms with Crippen molar-refractivity contribution in [3.05, 3.63) is 0 Å². The minimum Gasteiger partial charge on any atom is -0.394 e. The van der Waals surface area contributed by atoms with Crippen LogP contribution in [0.3, 0.4) is 0 Å². The molecule has 0 spiro atoms. The largest absolute Gasteiger partial charge is 0.394 e. The van der Waals surface area contributed by atoms with Crippen molar-refractivity contribution in [2.24, 2.45) is 0 Å². The van der Waals surface area contributed by atoms with E-state index in [9.17, 15) is 24.9 Å². The fraction of sp³-hybridized carbons (Fsp3) is 0.750. The van der Waals surface area contributed by atoms with Crippen molar-refractivity contribution < 1.29 is 35.1 Å². The molecule has 0 aromatic heterocycles. The van der Waals surface area contributed by atoms with Crippen LogP contribution in [0, 0.1) is 0 Å². The highest BCUT2D eigenvalue weighted by Gasteiger charge is 2.51. The van der Waals surface area contributed by atoms with Crippen molar-refractivity contribution in [2.75, 3.05) is 6.61 Å². The molecule has 0 bridgehead atoms. The van der Waals surface area contributed by atoms with Gasteiger partial charge in [0.2, 0.25) is 5.60 Å². The summed E-state index contributed by atoms with van der Waals surface area (Å²) < 4.78 is 0. The fourth-order valence-electron chi connectivity index (χ4n) is 1.03. The Labute approximate surface area is 95.9 Å². The Morgan fingerprint density at radius 3 is 2.00 bits per heavy atom. The highest BCUT2D eigenvalue weighted by atomic mass is 35.5. The Balaban J connectivity index is 5.11. The van der Waals surface area contributed by atoms with Crippen LogP contribution in [0.4, 0.5) is 0 Å². The van der Waals surface area contributed by atoms with Gasteiger partial charge < -0.3 is 25.5 Å². The predicted molar refractivity (Wildman–Crippen MR) is 51.6 cm³/mol. The smallest absolute Gasteiger partial charge is 0.263 e. The monoisotopic (exact) mass is 256 g/mol. The van der Waals surface area contributed by atoms with Crippen molar-refractivity contribution in [3.8, 4) is 0 Å². The Morgan fingerprint density at radius 2 is 1.75 bits per heavy atom. The standard InChI is InChI=1S/C8H13ClO7/c1-3(11)8(16,7(9)15)6(14)5(13)4(12)2-10/h4-6,10,12-14,16H,2H2,1H3/t4-,5-,6+,8-/m1/s1. The van der Waals surface area contributed by atoms with Crippen LogP contribution in [0.25, 0.3) is 0 Å². The first-order chi connectivity index (χ1) is 7.19. The number of hydrogen-bond donors (Lipinski definition) is 5. The average Bonchev–Trinajstić information content (AvgIpc) is 2.23. The normalized spacial score (nSPS) is 20.7. The van der Waals surface area contributed by atoms with E-state index < -0.39 is 41.5 Å². The molecule has 94 valence electrons. The number of carbonyl (C=O) groups excluding carboxylic acids is 2. The van der Waals surface area contributed by atoms with Crippen molar-refractivity contribution in [1.29, 1.82) is 0 Å². The van der Waals surface area contributed by atoms with Crippen LogP contribution in [0.5, 0.6) is 0 Å². The topological polar surface area (TPSA) is 135 Å². The molecule has 0 aliphatic rings. The lowest BCUT2D eigenvalue weighted by Gasteiger charge is -2.31. The number of carbonyl (C=O) groups is 2. The summed E-state index contributed by atoms with van der Waals surface area (Å²) in [5.74, 6) is -1.19. The summed E-state index contributed by atoms with van der Waals surface area (Å²) >= 11 is 4.94. The molecule has 0 aromatic carbocycles. The van der Waals surface area contributed by atoms with E-state index in [4.69, 9.17) is 21.8 Å². The lowest BCUT2D eigenvalue weighted by atomic mass is 9.88. The summed E-state index contributed by atoms with van der Waals surface area (Å²) in [7, 11) is 0. The quantitative estimate of drug-likeness (QED) is 0.255. The molecule has 0 radical (unpaired) electrons. The second kappa shape index (κ2) is 5.67. The zero-order valence-electron chi connectivity index (χ0n) is 8.37. The van der Waals surface area contributed by atoms with Crippen molar-refractivity contribution in [2.45, 2.75) is 30.8 Å². The first kappa shape index (κ1) is 15.4. The van der Waals surface area contributed by atoms with Crippen LogP contribution in [-0.2, 0) is 9.59 Å². The van der Waals surface area contributed by atoms with Crippen LogP contribution >= 0.6 is 11.6 Å². The Hall–Kier alpha value is -0.570. The van der Waals surface area contributed by atoms with Crippen molar-refractivity contribution >= 4 is 22.6 Å². The molecule has 7 nitrogen and oxygen atoms in total. The minimum absolute atomic E-state index is 0.779. The Morgan fingerprint density at radius 1 is 1.31 bits per heavy atom. The molecule has 4 atom stereocenters. The third-order valence-corrected chi connectivity index (χ3v) is 2.46. The van der Waals surface area contributed by atoms with Gasteiger partial charge in [-0.05, 0) is 18.5 Å². The number of halogens is 1. The van der Waals surface area contributed by atoms with E-state index in [1.165, 1.54) is 0 Å². The average molecular weight is 257 g/mol. The van der Waals surface area contributed by atoms with Gasteiger partial charge in [-0.1, -0.05) is 0 Å². The van der Waals surface area contributed by atoms with Gasteiger partial charge in [-0.25, -0.2) is 0 Å². The van der Waals surface area contributed by atoms with Crippen LogP contribution < -0.4 is 0 Å². The van der Waals surface area contributed by atoms with Gasteiger partial charge in [0.25, 0.3) is 5.24 Å². The number of Topliss-reactive ketones (excluding diaryl/α,β-unsaturated/α-hetero) is 1. The van der Waals surface area contributed by atoms with E-state index in [0.717, 1.165) is 6.92 Å². The van der Waals surface area contributed by atoms with Gasteiger partial charge in [0.05, 0.1) is 6.61 Å². The summed E-state index contributed by atoms with van der Waals surface area (Å²) in [5, 5.41) is 44.0.